The van der Waals surface area contributed by atoms with Crippen molar-refractivity contribution < 1.29 is 4.74 Å². The van der Waals surface area contributed by atoms with Gasteiger partial charge >= 0.3 is 11.1 Å². The number of methoxy groups -OCH3 is 1. The second kappa shape index (κ2) is 5.00. The van der Waals surface area contributed by atoms with Crippen LogP contribution in [0.25, 0.3) is 0 Å². The van der Waals surface area contributed by atoms with Crippen molar-refractivity contribution in [3.05, 3.63) is 62.9 Å². The summed E-state index contributed by atoms with van der Waals surface area (Å²) in [4.78, 5) is 24.1. The van der Waals surface area contributed by atoms with Crippen molar-refractivity contribution in [1.29, 1.82) is 0 Å². The summed E-state index contributed by atoms with van der Waals surface area (Å²) >= 11 is 0. The molecule has 0 atom stereocenters. The van der Waals surface area contributed by atoms with E-state index in [0.29, 0.717) is 6.54 Å². The molecule has 0 bridgehead atoms. The molecule has 0 amide bonds. The highest BCUT2D eigenvalue weighted by Gasteiger charge is 2.25. The Balaban J connectivity index is 1.92. The molecule has 3 rings (SSSR count). The van der Waals surface area contributed by atoms with Crippen LogP contribution in [0.2, 0.25) is 0 Å². The first-order valence-electron chi connectivity index (χ1n) is 6.63. The average Bonchev–Trinajstić information content (AvgIpc) is 3.29. The van der Waals surface area contributed by atoms with Crippen LogP contribution in [0.1, 0.15) is 24.4 Å². The average molecular weight is 272 g/mol. The van der Waals surface area contributed by atoms with Crippen LogP contribution in [0, 0.1) is 0 Å². The standard InChI is InChI=1S/C15H16N2O3/c1-20-13-4-2-3-11(9-13)10-16-7-8-17(12-5-6-12)15(19)14(16)18/h2-4,7-9,12H,5-6,10H2,1H3. The Hall–Kier alpha value is -2.30. The summed E-state index contributed by atoms with van der Waals surface area (Å²) in [6.45, 7) is 0.372. The Morgan fingerprint density at radius 1 is 1.20 bits per heavy atom. The van der Waals surface area contributed by atoms with Crippen molar-refractivity contribution in [1.82, 2.24) is 9.13 Å². The van der Waals surface area contributed by atoms with Crippen LogP contribution >= 0.6 is 0 Å². The van der Waals surface area contributed by atoms with E-state index in [4.69, 9.17) is 4.74 Å². The molecule has 1 heterocycles. The van der Waals surface area contributed by atoms with Gasteiger partial charge in [-0.1, -0.05) is 12.1 Å². The fourth-order valence-electron chi connectivity index (χ4n) is 2.25. The van der Waals surface area contributed by atoms with Crippen LogP contribution in [-0.2, 0) is 6.54 Å². The minimum atomic E-state index is -0.470. The van der Waals surface area contributed by atoms with Crippen LogP contribution in [0.3, 0.4) is 0 Å². The first-order chi connectivity index (χ1) is 9.69. The van der Waals surface area contributed by atoms with Gasteiger partial charge in [-0.05, 0) is 30.5 Å². The van der Waals surface area contributed by atoms with E-state index in [-0.39, 0.29) is 6.04 Å². The third-order valence-corrected chi connectivity index (χ3v) is 3.51. The summed E-state index contributed by atoms with van der Waals surface area (Å²) in [5.74, 6) is 0.738. The molecule has 0 saturated heterocycles. The fourth-order valence-corrected chi connectivity index (χ4v) is 2.25. The molecule has 0 aliphatic heterocycles. The van der Waals surface area contributed by atoms with E-state index in [1.54, 1.807) is 24.1 Å². The van der Waals surface area contributed by atoms with Crippen molar-refractivity contribution >= 4 is 0 Å². The molecule has 20 heavy (non-hydrogen) atoms. The van der Waals surface area contributed by atoms with Crippen LogP contribution in [0.4, 0.5) is 0 Å². The van der Waals surface area contributed by atoms with Gasteiger partial charge in [-0.2, -0.15) is 0 Å². The van der Waals surface area contributed by atoms with Crippen LogP contribution in [-0.4, -0.2) is 16.2 Å². The summed E-state index contributed by atoms with van der Waals surface area (Å²) in [6.07, 6.45) is 5.36. The maximum Gasteiger partial charge on any atom is 0.316 e. The first kappa shape index (κ1) is 12.7. The van der Waals surface area contributed by atoms with E-state index < -0.39 is 11.1 Å². The lowest BCUT2D eigenvalue weighted by atomic mass is 10.2. The number of hydrogen-bond acceptors (Lipinski definition) is 3. The maximum atomic E-state index is 12.1. The van der Waals surface area contributed by atoms with Gasteiger partial charge in [0.05, 0.1) is 13.7 Å². The molecule has 1 saturated carbocycles. The van der Waals surface area contributed by atoms with Gasteiger partial charge in [-0.25, -0.2) is 0 Å². The third-order valence-electron chi connectivity index (χ3n) is 3.51. The smallest absolute Gasteiger partial charge is 0.316 e. The summed E-state index contributed by atoms with van der Waals surface area (Å²) in [5, 5.41) is 0. The van der Waals surface area contributed by atoms with E-state index in [1.807, 2.05) is 24.3 Å². The Labute approximate surface area is 116 Å². The Kier molecular flexibility index (Phi) is 3.18. The van der Waals surface area contributed by atoms with E-state index in [9.17, 15) is 9.59 Å². The van der Waals surface area contributed by atoms with Crippen LogP contribution < -0.4 is 15.9 Å². The lowest BCUT2D eigenvalue weighted by Crippen LogP contribution is -2.40. The minimum absolute atomic E-state index is 0.224. The molecule has 1 aromatic heterocycles. The topological polar surface area (TPSA) is 53.2 Å². The molecule has 5 nitrogen and oxygen atoms in total. The Bertz CT molecular complexity index is 741. The molecule has 1 aliphatic rings. The molecule has 0 N–H and O–H groups in total. The van der Waals surface area contributed by atoms with E-state index in [2.05, 4.69) is 0 Å². The Morgan fingerprint density at radius 2 is 2.00 bits per heavy atom. The van der Waals surface area contributed by atoms with Gasteiger partial charge in [0.1, 0.15) is 5.75 Å². The number of rotatable bonds is 4. The number of aromatic nitrogens is 2. The zero-order chi connectivity index (χ0) is 14.1. The quantitative estimate of drug-likeness (QED) is 0.791. The van der Waals surface area contributed by atoms with E-state index >= 15 is 0 Å². The molecular weight excluding hydrogens is 256 g/mol. The molecule has 2 aromatic rings. The highest BCUT2D eigenvalue weighted by atomic mass is 16.5. The summed E-state index contributed by atoms with van der Waals surface area (Å²) in [6, 6.07) is 7.70. The molecule has 1 fully saturated rings. The largest absolute Gasteiger partial charge is 0.497 e. The first-order valence-corrected chi connectivity index (χ1v) is 6.63. The lowest BCUT2D eigenvalue weighted by Gasteiger charge is -2.09. The minimum Gasteiger partial charge on any atom is -0.497 e. The monoisotopic (exact) mass is 272 g/mol. The number of benzene rings is 1. The third kappa shape index (κ3) is 2.39. The van der Waals surface area contributed by atoms with Gasteiger partial charge in [0.15, 0.2) is 0 Å². The van der Waals surface area contributed by atoms with Gasteiger partial charge in [0.25, 0.3) is 0 Å². The molecule has 0 radical (unpaired) electrons. The fraction of sp³-hybridized carbons (Fsp3) is 0.333. The van der Waals surface area contributed by atoms with E-state index in [0.717, 1.165) is 24.2 Å². The summed E-state index contributed by atoms with van der Waals surface area (Å²) in [7, 11) is 1.60. The van der Waals surface area contributed by atoms with Gasteiger partial charge in [0, 0.05) is 18.4 Å². The second-order valence-corrected chi connectivity index (χ2v) is 5.03. The van der Waals surface area contributed by atoms with Crippen molar-refractivity contribution in [2.24, 2.45) is 0 Å². The molecule has 1 aromatic carbocycles. The van der Waals surface area contributed by atoms with Gasteiger partial charge in [-0.3, -0.25) is 9.59 Å². The summed E-state index contributed by atoms with van der Waals surface area (Å²) < 4.78 is 8.14. The van der Waals surface area contributed by atoms with Gasteiger partial charge in [0.2, 0.25) is 0 Å². The molecule has 5 heteroatoms. The molecule has 0 spiro atoms. The second-order valence-electron chi connectivity index (χ2n) is 5.03. The molecule has 104 valence electrons. The van der Waals surface area contributed by atoms with Gasteiger partial charge in [-0.15, -0.1) is 0 Å². The van der Waals surface area contributed by atoms with Crippen molar-refractivity contribution in [3.8, 4) is 5.75 Å². The SMILES string of the molecule is COc1cccc(Cn2ccn(C3CC3)c(=O)c2=O)c1. The van der Waals surface area contributed by atoms with Crippen molar-refractivity contribution in [2.45, 2.75) is 25.4 Å². The highest BCUT2D eigenvalue weighted by molar-refractivity contribution is 5.28. The zero-order valence-electron chi connectivity index (χ0n) is 11.3. The van der Waals surface area contributed by atoms with E-state index in [1.165, 1.54) is 4.57 Å². The molecular formula is C15H16N2O3. The number of ether oxygens (including phenoxy) is 1. The highest BCUT2D eigenvalue weighted by Crippen LogP contribution is 2.32. The molecule has 1 aliphatic carbocycles. The number of nitrogens with zero attached hydrogens (tertiary/aromatic N) is 2. The zero-order valence-corrected chi connectivity index (χ0v) is 11.3. The van der Waals surface area contributed by atoms with Crippen LogP contribution in [0.5, 0.6) is 5.75 Å². The Morgan fingerprint density at radius 3 is 2.70 bits per heavy atom. The normalized spacial score (nSPS) is 14.2. The predicted molar refractivity (Wildman–Crippen MR) is 75.3 cm³/mol. The summed E-state index contributed by atoms with van der Waals surface area (Å²) in [5.41, 5.74) is 0.0233. The number of hydrogen-bond donors (Lipinski definition) is 0. The van der Waals surface area contributed by atoms with Crippen LogP contribution in [0.15, 0.2) is 46.2 Å². The van der Waals surface area contributed by atoms with Crippen molar-refractivity contribution in [2.75, 3.05) is 7.11 Å². The van der Waals surface area contributed by atoms with Gasteiger partial charge < -0.3 is 13.9 Å². The van der Waals surface area contributed by atoms with Crippen molar-refractivity contribution in [3.63, 3.8) is 0 Å². The predicted octanol–water partition coefficient (Wildman–Crippen LogP) is 1.40. The maximum absolute atomic E-state index is 12.1. The lowest BCUT2D eigenvalue weighted by molar-refractivity contribution is 0.414. The molecule has 0 unspecified atom stereocenters.